The molecule has 0 bridgehead atoms. The fourth-order valence-corrected chi connectivity index (χ4v) is 4.47. The SMILES string of the molecule is Cc1nc(C)c2[nH]c(=O)c3sc(F)c(F)c3c2c1-c1ccc(C(C)CN)cc1. The molecule has 3 heterocycles. The summed E-state index contributed by atoms with van der Waals surface area (Å²) in [5.74, 6) is -0.773. The minimum atomic E-state index is -0.990. The number of aromatic nitrogens is 2. The van der Waals surface area contributed by atoms with Gasteiger partial charge in [-0.15, -0.1) is 0 Å². The van der Waals surface area contributed by atoms with E-state index >= 15 is 0 Å². The Balaban J connectivity index is 2.13. The van der Waals surface area contributed by atoms with E-state index in [4.69, 9.17) is 5.73 Å². The molecule has 1 aromatic carbocycles. The normalized spacial score (nSPS) is 12.8. The Hall–Kier alpha value is -2.64. The molecule has 1 unspecified atom stereocenters. The summed E-state index contributed by atoms with van der Waals surface area (Å²) in [6, 6.07) is 7.81. The van der Waals surface area contributed by atoms with E-state index in [1.165, 1.54) is 0 Å². The number of nitrogens with zero attached hydrogens (tertiary/aromatic N) is 1. The van der Waals surface area contributed by atoms with E-state index < -0.39 is 16.5 Å². The molecule has 7 heteroatoms. The summed E-state index contributed by atoms with van der Waals surface area (Å²) in [7, 11) is 0. The molecule has 0 saturated carbocycles. The second kappa shape index (κ2) is 6.76. The third kappa shape index (κ3) is 2.73. The Morgan fingerprint density at radius 2 is 1.82 bits per heavy atom. The topological polar surface area (TPSA) is 71.8 Å². The van der Waals surface area contributed by atoms with Crippen LogP contribution in [0.2, 0.25) is 0 Å². The van der Waals surface area contributed by atoms with Gasteiger partial charge in [0.2, 0.25) is 5.13 Å². The maximum Gasteiger partial charge on any atom is 0.266 e. The van der Waals surface area contributed by atoms with Gasteiger partial charge in [0.05, 0.1) is 11.2 Å². The summed E-state index contributed by atoms with van der Waals surface area (Å²) in [5.41, 5.74) is 9.51. The van der Waals surface area contributed by atoms with Gasteiger partial charge in [0.1, 0.15) is 4.70 Å². The molecule has 0 saturated heterocycles. The van der Waals surface area contributed by atoms with Crippen LogP contribution < -0.4 is 11.3 Å². The number of nitrogens with one attached hydrogen (secondary N) is 1. The van der Waals surface area contributed by atoms with Gasteiger partial charge >= 0.3 is 0 Å². The van der Waals surface area contributed by atoms with Crippen LogP contribution in [0.25, 0.3) is 32.1 Å². The van der Waals surface area contributed by atoms with Crippen LogP contribution in [-0.4, -0.2) is 16.5 Å². The maximum absolute atomic E-state index is 14.7. The van der Waals surface area contributed by atoms with Gasteiger partial charge in [0.15, 0.2) is 5.82 Å². The third-order valence-corrected chi connectivity index (χ3v) is 6.14. The van der Waals surface area contributed by atoms with Crippen molar-refractivity contribution in [1.29, 1.82) is 0 Å². The number of nitrogens with two attached hydrogens (primary N) is 1. The van der Waals surface area contributed by atoms with Crippen molar-refractivity contribution in [1.82, 2.24) is 9.97 Å². The summed E-state index contributed by atoms with van der Waals surface area (Å²) in [4.78, 5) is 19.7. The van der Waals surface area contributed by atoms with E-state index in [0.717, 1.165) is 11.1 Å². The maximum atomic E-state index is 14.7. The molecule has 4 rings (SSSR count). The highest BCUT2D eigenvalue weighted by Crippen LogP contribution is 2.39. The molecule has 0 aliphatic carbocycles. The molecule has 4 nitrogen and oxygen atoms in total. The number of benzene rings is 1. The monoisotopic (exact) mass is 399 g/mol. The highest BCUT2D eigenvalue weighted by atomic mass is 32.1. The second-order valence-electron chi connectivity index (χ2n) is 7.01. The third-order valence-electron chi connectivity index (χ3n) is 5.19. The van der Waals surface area contributed by atoms with Gasteiger partial charge in [-0.05, 0) is 37.4 Å². The lowest BCUT2D eigenvalue weighted by Crippen LogP contribution is -2.09. The first kappa shape index (κ1) is 18.7. The van der Waals surface area contributed by atoms with Gasteiger partial charge in [-0.25, -0.2) is 4.39 Å². The number of aromatic amines is 1. The van der Waals surface area contributed by atoms with Gasteiger partial charge in [-0.1, -0.05) is 42.5 Å². The number of hydrogen-bond donors (Lipinski definition) is 2. The first-order chi connectivity index (χ1) is 13.3. The number of pyridine rings is 2. The zero-order chi connectivity index (χ0) is 20.2. The number of aryl methyl sites for hydroxylation is 2. The van der Waals surface area contributed by atoms with Crippen LogP contribution in [0.15, 0.2) is 29.1 Å². The van der Waals surface area contributed by atoms with Crippen molar-refractivity contribution in [3.8, 4) is 11.1 Å². The fraction of sp³-hybridized carbons (Fsp3) is 0.238. The molecule has 0 fully saturated rings. The van der Waals surface area contributed by atoms with Crippen molar-refractivity contribution in [2.45, 2.75) is 26.7 Å². The molecule has 28 heavy (non-hydrogen) atoms. The standard InChI is InChI=1S/C21H19F2N3OS/c1-9(8-24)12-4-6-13(7-5-12)14-10(2)25-11(3)18-15(14)16-17(22)20(23)28-19(16)21(27)26-18/h4-7,9H,8,24H2,1-3H3,(H,26,27). The quantitative estimate of drug-likeness (QED) is 0.522. The average molecular weight is 399 g/mol. The molecule has 3 N–H and O–H groups in total. The predicted molar refractivity (Wildman–Crippen MR) is 110 cm³/mol. The fourth-order valence-electron chi connectivity index (χ4n) is 3.66. The molecule has 4 aromatic rings. The van der Waals surface area contributed by atoms with Gasteiger partial charge in [0, 0.05) is 22.0 Å². The number of thiophene rings is 1. The van der Waals surface area contributed by atoms with Crippen molar-refractivity contribution in [2.75, 3.05) is 6.54 Å². The van der Waals surface area contributed by atoms with Crippen LogP contribution in [-0.2, 0) is 0 Å². The lowest BCUT2D eigenvalue weighted by molar-refractivity contribution is 0.538. The van der Waals surface area contributed by atoms with Crippen molar-refractivity contribution < 1.29 is 8.78 Å². The Bertz CT molecular complexity index is 1280. The first-order valence-corrected chi connectivity index (χ1v) is 9.76. The Kier molecular flexibility index (Phi) is 4.51. The summed E-state index contributed by atoms with van der Waals surface area (Å²) < 4.78 is 28.8. The van der Waals surface area contributed by atoms with E-state index in [9.17, 15) is 13.6 Å². The number of fused-ring (bicyclic) bond motifs is 3. The molecule has 0 amide bonds. The van der Waals surface area contributed by atoms with Gasteiger partial charge in [0.25, 0.3) is 5.56 Å². The van der Waals surface area contributed by atoms with Gasteiger partial charge in [-0.2, -0.15) is 4.39 Å². The number of halogens is 2. The molecule has 1 atom stereocenters. The molecular weight excluding hydrogens is 380 g/mol. The number of H-pyrrole nitrogens is 1. The van der Waals surface area contributed by atoms with Crippen LogP contribution >= 0.6 is 11.3 Å². The lowest BCUT2D eigenvalue weighted by Gasteiger charge is -2.15. The van der Waals surface area contributed by atoms with Crippen molar-refractivity contribution in [2.24, 2.45) is 5.73 Å². The minimum Gasteiger partial charge on any atom is -0.330 e. The van der Waals surface area contributed by atoms with Crippen molar-refractivity contribution in [3.63, 3.8) is 0 Å². The number of hydrogen-bond acceptors (Lipinski definition) is 4. The molecule has 0 aliphatic heterocycles. The van der Waals surface area contributed by atoms with E-state index in [2.05, 4.69) is 9.97 Å². The largest absolute Gasteiger partial charge is 0.330 e. The molecule has 3 aromatic heterocycles. The van der Waals surface area contributed by atoms with Crippen molar-refractivity contribution >= 4 is 32.3 Å². The Morgan fingerprint density at radius 3 is 2.46 bits per heavy atom. The molecule has 0 aliphatic rings. The zero-order valence-electron chi connectivity index (χ0n) is 15.7. The van der Waals surface area contributed by atoms with Crippen LogP contribution in [0.3, 0.4) is 0 Å². The van der Waals surface area contributed by atoms with Gasteiger partial charge < -0.3 is 10.7 Å². The summed E-state index contributed by atoms with van der Waals surface area (Å²) in [6.07, 6.45) is 0. The minimum absolute atomic E-state index is 0.0178. The van der Waals surface area contributed by atoms with Crippen LogP contribution in [0.1, 0.15) is 29.8 Å². The smallest absolute Gasteiger partial charge is 0.266 e. The molecule has 0 spiro atoms. The molecular formula is C21H19F2N3OS. The number of rotatable bonds is 3. The highest BCUT2D eigenvalue weighted by molar-refractivity contribution is 7.17. The van der Waals surface area contributed by atoms with E-state index in [0.29, 0.717) is 45.7 Å². The van der Waals surface area contributed by atoms with E-state index in [1.807, 2.05) is 38.1 Å². The van der Waals surface area contributed by atoms with Crippen LogP contribution in [0, 0.1) is 24.8 Å². The average Bonchev–Trinajstić information content (AvgIpc) is 2.98. The summed E-state index contributed by atoms with van der Waals surface area (Å²) in [6.45, 7) is 6.15. The molecule has 0 radical (unpaired) electrons. The Morgan fingerprint density at radius 1 is 1.14 bits per heavy atom. The Labute approximate surface area is 164 Å². The lowest BCUT2D eigenvalue weighted by atomic mass is 9.93. The zero-order valence-corrected chi connectivity index (χ0v) is 16.5. The summed E-state index contributed by atoms with van der Waals surface area (Å²) >= 11 is 0.525. The van der Waals surface area contributed by atoms with E-state index in [-0.39, 0.29) is 16.0 Å². The van der Waals surface area contributed by atoms with Crippen LogP contribution in [0.5, 0.6) is 0 Å². The first-order valence-electron chi connectivity index (χ1n) is 8.94. The van der Waals surface area contributed by atoms with Gasteiger partial charge in [-0.3, -0.25) is 9.78 Å². The van der Waals surface area contributed by atoms with Crippen LogP contribution in [0.4, 0.5) is 8.78 Å². The highest BCUT2D eigenvalue weighted by Gasteiger charge is 2.23. The second-order valence-corrected chi connectivity index (χ2v) is 7.99. The summed E-state index contributed by atoms with van der Waals surface area (Å²) in [5, 5.41) is -0.487. The van der Waals surface area contributed by atoms with Crippen molar-refractivity contribution in [3.05, 3.63) is 62.5 Å². The predicted octanol–water partition coefficient (Wildman–Crippen LogP) is 4.76. The van der Waals surface area contributed by atoms with E-state index in [1.54, 1.807) is 6.92 Å². The molecule has 144 valence electrons.